The largest absolute Gasteiger partial charge is 0.309 e. The van der Waals surface area contributed by atoms with E-state index in [4.69, 9.17) is 22.5 Å². The molecule has 0 saturated heterocycles. The monoisotopic (exact) mass is 908 g/mol. The summed E-state index contributed by atoms with van der Waals surface area (Å²) in [5.74, 6) is 2.36. The maximum Gasteiger partial charge on any atom is 0.309 e. The van der Waals surface area contributed by atoms with Crippen LogP contribution in [-0.4, -0.2) is 9.13 Å². The van der Waals surface area contributed by atoms with Crippen molar-refractivity contribution in [3.05, 3.63) is 142 Å². The second kappa shape index (κ2) is 19.9. The Labute approximate surface area is 386 Å². The first kappa shape index (κ1) is 48.2. The van der Waals surface area contributed by atoms with Crippen LogP contribution in [0.1, 0.15) is 203 Å². The zero-order valence-corrected chi connectivity index (χ0v) is 43.6. The van der Waals surface area contributed by atoms with E-state index in [9.17, 15) is 0 Å². The molecule has 0 fully saturated rings. The summed E-state index contributed by atoms with van der Waals surface area (Å²) in [5.41, 5.74) is 17.4. The molecule has 0 amide bonds. The number of halogens is 2. The van der Waals surface area contributed by atoms with Gasteiger partial charge in [0.25, 0.3) is 0 Å². The fourth-order valence-corrected chi connectivity index (χ4v) is 15.1. The lowest BCUT2D eigenvalue weighted by Crippen LogP contribution is -2.49. The van der Waals surface area contributed by atoms with E-state index in [2.05, 4.69) is 227 Å². The predicted molar refractivity (Wildman–Crippen MR) is 272 cm³/mol. The van der Waals surface area contributed by atoms with Crippen LogP contribution in [0.2, 0.25) is 0 Å². The van der Waals surface area contributed by atoms with Crippen LogP contribution in [0.4, 0.5) is 0 Å². The quantitative estimate of drug-likeness (QED) is 0.0722. The number of aromatic nitrogens is 4. The molecule has 0 saturated carbocycles. The van der Waals surface area contributed by atoms with Crippen molar-refractivity contribution in [1.82, 2.24) is 9.13 Å². The van der Waals surface area contributed by atoms with E-state index < -0.39 is 13.9 Å². The minimum atomic E-state index is -1.59. The van der Waals surface area contributed by atoms with E-state index in [0.717, 1.165) is 11.1 Å². The Morgan fingerprint density at radius 2 is 0.565 bits per heavy atom. The Hall–Kier alpha value is -3.26. The SMILES string of the molecule is CC(C)c1cccc(C(C)C)c1-n1cc[n+](-c2c(C(C)C)cccc2C(C)C)c1P(Cl)P(Cl)c1n(-c2c(C(C)C)cccc2C(C)C)cc[n+]1-c1c(C(C)C)cccc1C(C)C. The lowest BCUT2D eigenvalue weighted by molar-refractivity contribution is -0.576. The highest BCUT2D eigenvalue weighted by molar-refractivity contribution is 8.53. The van der Waals surface area contributed by atoms with Gasteiger partial charge in [0.05, 0.1) is 0 Å². The smallest absolute Gasteiger partial charge is 0.194 e. The molecule has 2 heterocycles. The van der Waals surface area contributed by atoms with Crippen molar-refractivity contribution in [1.29, 1.82) is 0 Å². The maximum atomic E-state index is 8.45. The zero-order valence-electron chi connectivity index (χ0n) is 40.3. The fourth-order valence-electron chi connectivity index (χ4n) is 9.14. The standard InChI is InChI=1S/C54H72Cl2N4P2/c1-33(2)41-21-17-22-42(34(3)4)49(41)57-29-30-58(50-43(35(5)6)23-18-24-44(50)36(7)8)53(57)61(55)62(56)54-59(51-45(37(9)10)25-19-26-46(51)38(11)12)31-32-60(54)52-47(39(13)14)27-20-28-48(52)40(15)16/h17-40H,1-16H3/q+2. The van der Waals surface area contributed by atoms with Crippen LogP contribution in [0.25, 0.3) is 22.7 Å². The molecular weight excluding hydrogens is 837 g/mol. The topological polar surface area (TPSA) is 17.6 Å². The second-order valence-corrected chi connectivity index (χ2v) is 27.3. The molecule has 2 unspecified atom stereocenters. The van der Waals surface area contributed by atoms with Crippen molar-refractivity contribution in [2.45, 2.75) is 158 Å². The van der Waals surface area contributed by atoms with Gasteiger partial charge in [-0.1, -0.05) is 206 Å². The summed E-state index contributed by atoms with van der Waals surface area (Å²) >= 11 is 16.9. The van der Waals surface area contributed by atoms with Crippen LogP contribution in [0, 0.1) is 0 Å². The van der Waals surface area contributed by atoms with Crippen molar-refractivity contribution in [3.63, 3.8) is 0 Å². The first-order valence-corrected chi connectivity index (χ1v) is 28.2. The van der Waals surface area contributed by atoms with E-state index in [1.807, 2.05) is 0 Å². The molecule has 6 aromatic rings. The molecular formula is C54H72Cl2N4P2+2. The van der Waals surface area contributed by atoms with Crippen LogP contribution in [-0.2, 0) is 0 Å². The van der Waals surface area contributed by atoms with Gasteiger partial charge in [-0.2, -0.15) is 18.3 Å². The van der Waals surface area contributed by atoms with Crippen LogP contribution in [0.3, 0.4) is 0 Å². The van der Waals surface area contributed by atoms with Gasteiger partial charge in [0.15, 0.2) is 13.9 Å². The molecule has 0 aliphatic rings. The van der Waals surface area contributed by atoms with Gasteiger partial charge < -0.3 is 0 Å². The Morgan fingerprint density at radius 3 is 0.774 bits per heavy atom. The number of imidazole rings is 2. The summed E-state index contributed by atoms with van der Waals surface area (Å²) in [6.45, 7) is 33.6. The summed E-state index contributed by atoms with van der Waals surface area (Å²) in [5, 5.41) is 0. The molecule has 0 radical (unpaired) electrons. The van der Waals surface area contributed by atoms with Gasteiger partial charge in [0, 0.05) is 44.5 Å². The van der Waals surface area contributed by atoms with E-state index in [1.54, 1.807) is 0 Å². The first-order valence-electron chi connectivity index (χ1n) is 23.0. The second-order valence-electron chi connectivity index (χ2n) is 19.6. The van der Waals surface area contributed by atoms with Crippen molar-refractivity contribution in [2.24, 2.45) is 0 Å². The maximum absolute atomic E-state index is 8.45. The highest BCUT2D eigenvalue weighted by Gasteiger charge is 2.45. The molecule has 0 spiro atoms. The van der Waals surface area contributed by atoms with Crippen LogP contribution >= 0.6 is 36.4 Å². The minimum absolute atomic E-state index is 0.295. The van der Waals surface area contributed by atoms with Crippen molar-refractivity contribution < 1.29 is 9.13 Å². The molecule has 2 atom stereocenters. The Kier molecular flexibility index (Phi) is 15.4. The number of nitrogens with zero attached hydrogens (tertiary/aromatic N) is 4. The molecule has 62 heavy (non-hydrogen) atoms. The van der Waals surface area contributed by atoms with Gasteiger partial charge >= 0.3 is 11.1 Å². The summed E-state index contributed by atoms with van der Waals surface area (Å²) < 4.78 is 9.73. The molecule has 8 heteroatoms. The third-order valence-electron chi connectivity index (χ3n) is 12.4. The first-order chi connectivity index (χ1) is 29.3. The molecule has 330 valence electrons. The van der Waals surface area contributed by atoms with Gasteiger partial charge in [-0.25, -0.2) is 0 Å². The summed E-state index contributed by atoms with van der Waals surface area (Å²) in [6.07, 6.45) is 9.07. The Balaban J connectivity index is 1.80. The number of hydrogen-bond acceptors (Lipinski definition) is 0. The van der Waals surface area contributed by atoms with Crippen molar-refractivity contribution in [3.8, 4) is 22.7 Å². The third kappa shape index (κ3) is 9.16. The highest BCUT2D eigenvalue weighted by Crippen LogP contribution is 2.73. The molecule has 0 aliphatic heterocycles. The lowest BCUT2D eigenvalue weighted by atomic mass is 9.92. The molecule has 0 aliphatic carbocycles. The summed E-state index contributed by atoms with van der Waals surface area (Å²) in [6, 6.07) is 27.3. The zero-order chi connectivity index (χ0) is 45.5. The van der Waals surface area contributed by atoms with Crippen molar-refractivity contribution >= 4 is 47.5 Å². The van der Waals surface area contributed by atoms with E-state index in [1.165, 1.54) is 67.3 Å². The van der Waals surface area contributed by atoms with Gasteiger partial charge in [-0.3, -0.25) is 0 Å². The van der Waals surface area contributed by atoms with E-state index in [0.29, 0.717) is 47.3 Å². The molecule has 2 aromatic heterocycles. The van der Waals surface area contributed by atoms with Crippen LogP contribution in [0.5, 0.6) is 0 Å². The third-order valence-corrected chi connectivity index (χ3v) is 20.6. The highest BCUT2D eigenvalue weighted by atomic mass is 35.7. The molecule has 0 bridgehead atoms. The summed E-state index contributed by atoms with van der Waals surface area (Å²) in [7, 11) is 0. The fraction of sp³-hybridized carbons (Fsp3) is 0.444. The van der Waals surface area contributed by atoms with Gasteiger partial charge in [-0.15, -0.1) is 0 Å². The van der Waals surface area contributed by atoms with Gasteiger partial charge in [0.1, 0.15) is 47.5 Å². The number of rotatable bonds is 15. The molecule has 4 aromatic carbocycles. The Bertz CT molecular complexity index is 2060. The average Bonchev–Trinajstić information content (AvgIpc) is 3.86. The molecule has 0 N–H and O–H groups in total. The predicted octanol–water partition coefficient (Wildman–Crippen LogP) is 15.9. The van der Waals surface area contributed by atoms with Gasteiger partial charge in [0.2, 0.25) is 0 Å². The Morgan fingerprint density at radius 1 is 0.355 bits per heavy atom. The number of hydrogen-bond donors (Lipinski definition) is 0. The number of para-hydroxylation sites is 4. The van der Waals surface area contributed by atoms with Crippen LogP contribution in [0.15, 0.2) is 97.6 Å². The molecule has 4 nitrogen and oxygen atoms in total. The average molecular weight is 910 g/mol. The van der Waals surface area contributed by atoms with Crippen LogP contribution < -0.4 is 20.3 Å². The minimum Gasteiger partial charge on any atom is -0.194 e. The van der Waals surface area contributed by atoms with Crippen molar-refractivity contribution in [2.75, 3.05) is 0 Å². The molecule has 6 rings (SSSR count). The van der Waals surface area contributed by atoms with Gasteiger partial charge in [-0.05, 0) is 47.3 Å². The normalized spacial score (nSPS) is 13.4. The van der Waals surface area contributed by atoms with E-state index in [-0.39, 0.29) is 0 Å². The lowest BCUT2D eigenvalue weighted by Gasteiger charge is -2.23. The number of benzene rings is 4. The summed E-state index contributed by atoms with van der Waals surface area (Å²) in [4.78, 5) is 0. The van der Waals surface area contributed by atoms with E-state index >= 15 is 0 Å².